The first kappa shape index (κ1) is 20.4. The fourth-order valence-electron chi connectivity index (χ4n) is 2.93. The Kier molecular flexibility index (Phi) is 7.94. The van der Waals surface area contributed by atoms with E-state index in [4.69, 9.17) is 9.47 Å². The Labute approximate surface area is 175 Å². The van der Waals surface area contributed by atoms with Crippen molar-refractivity contribution in [3.05, 3.63) is 94.0 Å². The van der Waals surface area contributed by atoms with Crippen molar-refractivity contribution < 1.29 is 9.47 Å². The highest BCUT2D eigenvalue weighted by molar-refractivity contribution is 9.10. The van der Waals surface area contributed by atoms with Gasteiger partial charge in [0.1, 0.15) is 6.61 Å². The van der Waals surface area contributed by atoms with E-state index in [1.165, 1.54) is 5.56 Å². The van der Waals surface area contributed by atoms with Gasteiger partial charge in [-0.25, -0.2) is 0 Å². The third-order valence-electron chi connectivity index (χ3n) is 4.40. The van der Waals surface area contributed by atoms with Crippen molar-refractivity contribution in [1.29, 1.82) is 0 Å². The largest absolute Gasteiger partial charge is 0.490 e. The molecule has 0 amide bonds. The SMILES string of the molecule is CCOc1cc(CNCCc2ccccc2)c(Br)cc1OCc1ccccc1. The summed E-state index contributed by atoms with van der Waals surface area (Å²) in [6, 6.07) is 24.7. The van der Waals surface area contributed by atoms with Crippen LogP contribution in [0.25, 0.3) is 0 Å². The van der Waals surface area contributed by atoms with E-state index >= 15 is 0 Å². The van der Waals surface area contributed by atoms with E-state index in [9.17, 15) is 0 Å². The number of nitrogens with one attached hydrogen (secondary N) is 1. The summed E-state index contributed by atoms with van der Waals surface area (Å²) in [5.41, 5.74) is 3.63. The van der Waals surface area contributed by atoms with Gasteiger partial charge in [0.25, 0.3) is 0 Å². The number of rotatable bonds is 10. The Morgan fingerprint density at radius 3 is 2.14 bits per heavy atom. The molecule has 0 aliphatic rings. The number of ether oxygens (including phenoxy) is 2. The lowest BCUT2D eigenvalue weighted by Gasteiger charge is -2.15. The standard InChI is InChI=1S/C24H26BrNO2/c1-2-27-23-15-21(17-26-14-13-19-9-5-3-6-10-19)22(25)16-24(23)28-18-20-11-7-4-8-12-20/h3-12,15-16,26H,2,13-14,17-18H2,1H3. The molecule has 0 aliphatic carbocycles. The van der Waals surface area contributed by atoms with Crippen LogP contribution < -0.4 is 14.8 Å². The maximum Gasteiger partial charge on any atom is 0.162 e. The number of hydrogen-bond donors (Lipinski definition) is 1. The lowest BCUT2D eigenvalue weighted by molar-refractivity contribution is 0.269. The molecule has 3 nitrogen and oxygen atoms in total. The van der Waals surface area contributed by atoms with Gasteiger partial charge in [0.15, 0.2) is 11.5 Å². The van der Waals surface area contributed by atoms with Crippen LogP contribution in [0.1, 0.15) is 23.6 Å². The second kappa shape index (κ2) is 10.9. The molecule has 0 heterocycles. The average Bonchev–Trinajstić information content (AvgIpc) is 2.73. The second-order valence-corrected chi connectivity index (χ2v) is 7.36. The van der Waals surface area contributed by atoms with Crippen LogP contribution in [0.5, 0.6) is 11.5 Å². The molecule has 0 unspecified atom stereocenters. The van der Waals surface area contributed by atoms with Crippen LogP contribution in [0.15, 0.2) is 77.3 Å². The molecule has 3 rings (SSSR count). The zero-order valence-corrected chi connectivity index (χ0v) is 17.7. The monoisotopic (exact) mass is 439 g/mol. The number of benzene rings is 3. The van der Waals surface area contributed by atoms with Gasteiger partial charge in [-0.05, 0) is 48.7 Å². The van der Waals surface area contributed by atoms with Gasteiger partial charge in [-0.1, -0.05) is 76.6 Å². The summed E-state index contributed by atoms with van der Waals surface area (Å²) in [5, 5.41) is 3.51. The molecule has 28 heavy (non-hydrogen) atoms. The maximum absolute atomic E-state index is 6.02. The highest BCUT2D eigenvalue weighted by Crippen LogP contribution is 2.34. The minimum Gasteiger partial charge on any atom is -0.490 e. The van der Waals surface area contributed by atoms with Gasteiger partial charge in [-0.3, -0.25) is 0 Å². The highest BCUT2D eigenvalue weighted by Gasteiger charge is 2.11. The molecular formula is C24H26BrNO2. The van der Waals surface area contributed by atoms with Crippen LogP contribution in [-0.4, -0.2) is 13.2 Å². The van der Waals surface area contributed by atoms with Crippen LogP contribution in [0.4, 0.5) is 0 Å². The van der Waals surface area contributed by atoms with E-state index in [1.54, 1.807) is 0 Å². The summed E-state index contributed by atoms with van der Waals surface area (Å²) < 4.78 is 12.9. The van der Waals surface area contributed by atoms with Crippen LogP contribution in [0.3, 0.4) is 0 Å². The summed E-state index contributed by atoms with van der Waals surface area (Å²) in [5.74, 6) is 1.53. The Morgan fingerprint density at radius 1 is 0.821 bits per heavy atom. The van der Waals surface area contributed by atoms with Crippen molar-refractivity contribution in [1.82, 2.24) is 5.32 Å². The zero-order chi connectivity index (χ0) is 19.6. The van der Waals surface area contributed by atoms with Gasteiger partial charge in [0, 0.05) is 11.0 Å². The Bertz CT molecular complexity index is 853. The van der Waals surface area contributed by atoms with E-state index in [0.29, 0.717) is 13.2 Å². The second-order valence-electron chi connectivity index (χ2n) is 6.51. The Morgan fingerprint density at radius 2 is 1.46 bits per heavy atom. The smallest absolute Gasteiger partial charge is 0.162 e. The summed E-state index contributed by atoms with van der Waals surface area (Å²) >= 11 is 3.68. The van der Waals surface area contributed by atoms with Crippen molar-refractivity contribution in [3.63, 3.8) is 0 Å². The van der Waals surface area contributed by atoms with Gasteiger partial charge in [0.2, 0.25) is 0 Å². The summed E-state index contributed by atoms with van der Waals surface area (Å²) in [6.45, 7) is 4.80. The normalized spacial score (nSPS) is 10.6. The van der Waals surface area contributed by atoms with E-state index in [-0.39, 0.29) is 0 Å². The van der Waals surface area contributed by atoms with Crippen molar-refractivity contribution in [2.24, 2.45) is 0 Å². The quantitative estimate of drug-likeness (QED) is 0.407. The predicted molar refractivity (Wildman–Crippen MR) is 118 cm³/mol. The first-order chi connectivity index (χ1) is 13.8. The van der Waals surface area contributed by atoms with Crippen LogP contribution in [0.2, 0.25) is 0 Å². The molecular weight excluding hydrogens is 414 g/mol. The van der Waals surface area contributed by atoms with E-state index in [0.717, 1.165) is 46.6 Å². The molecule has 0 saturated carbocycles. The molecule has 0 aliphatic heterocycles. The topological polar surface area (TPSA) is 30.5 Å². The molecule has 0 aromatic heterocycles. The fraction of sp³-hybridized carbons (Fsp3) is 0.250. The van der Waals surface area contributed by atoms with Crippen molar-refractivity contribution in [2.75, 3.05) is 13.2 Å². The first-order valence-electron chi connectivity index (χ1n) is 9.63. The molecule has 0 atom stereocenters. The summed E-state index contributed by atoms with van der Waals surface area (Å²) in [6.07, 6.45) is 1.01. The minimum atomic E-state index is 0.516. The van der Waals surface area contributed by atoms with Gasteiger partial charge in [-0.2, -0.15) is 0 Å². The van der Waals surface area contributed by atoms with Crippen LogP contribution >= 0.6 is 15.9 Å². The van der Waals surface area contributed by atoms with E-state index < -0.39 is 0 Å². The van der Waals surface area contributed by atoms with Gasteiger partial charge in [-0.15, -0.1) is 0 Å². The maximum atomic E-state index is 6.02. The molecule has 0 spiro atoms. The molecule has 0 fully saturated rings. The molecule has 0 saturated heterocycles. The van der Waals surface area contributed by atoms with Crippen molar-refractivity contribution in [2.45, 2.75) is 26.5 Å². The lowest BCUT2D eigenvalue weighted by Crippen LogP contribution is -2.17. The Balaban J connectivity index is 1.61. The molecule has 1 N–H and O–H groups in total. The fourth-order valence-corrected chi connectivity index (χ4v) is 3.39. The van der Waals surface area contributed by atoms with Crippen molar-refractivity contribution in [3.8, 4) is 11.5 Å². The third-order valence-corrected chi connectivity index (χ3v) is 5.14. The van der Waals surface area contributed by atoms with Crippen molar-refractivity contribution >= 4 is 15.9 Å². The van der Waals surface area contributed by atoms with Crippen LogP contribution in [0, 0.1) is 0 Å². The first-order valence-corrected chi connectivity index (χ1v) is 10.4. The summed E-state index contributed by atoms with van der Waals surface area (Å²) in [4.78, 5) is 0. The van der Waals surface area contributed by atoms with Crippen LogP contribution in [-0.2, 0) is 19.6 Å². The molecule has 0 bridgehead atoms. The number of halogens is 1. The number of hydrogen-bond acceptors (Lipinski definition) is 3. The predicted octanol–water partition coefficient (Wildman–Crippen LogP) is 5.76. The molecule has 0 radical (unpaired) electrons. The minimum absolute atomic E-state index is 0.516. The Hall–Kier alpha value is -2.30. The molecule has 146 valence electrons. The van der Waals surface area contributed by atoms with Gasteiger partial charge >= 0.3 is 0 Å². The molecule has 4 heteroatoms. The van der Waals surface area contributed by atoms with Gasteiger partial charge < -0.3 is 14.8 Å². The zero-order valence-electron chi connectivity index (χ0n) is 16.2. The molecule has 3 aromatic carbocycles. The van der Waals surface area contributed by atoms with E-state index in [2.05, 4.69) is 63.7 Å². The third kappa shape index (κ3) is 6.11. The summed E-state index contributed by atoms with van der Waals surface area (Å²) in [7, 11) is 0. The lowest BCUT2D eigenvalue weighted by atomic mass is 10.1. The average molecular weight is 440 g/mol. The molecule has 3 aromatic rings. The highest BCUT2D eigenvalue weighted by atomic mass is 79.9. The van der Waals surface area contributed by atoms with E-state index in [1.807, 2.05) is 37.3 Å². The van der Waals surface area contributed by atoms with Gasteiger partial charge in [0.05, 0.1) is 6.61 Å².